The van der Waals surface area contributed by atoms with Crippen molar-refractivity contribution in [1.29, 1.82) is 0 Å². The SMILES string of the molecule is O=C(Nc1ccccc1)Nc1ccc(C(=O)NNC(=O)c2ccccc2F)cc1. The lowest BCUT2D eigenvalue weighted by atomic mass is 10.2. The number of hydrogen-bond acceptors (Lipinski definition) is 3. The standard InChI is InChI=1S/C21H17FN4O3/c22-18-9-5-4-8-17(18)20(28)26-25-19(27)14-10-12-16(13-11-14)24-21(29)23-15-6-2-1-3-7-15/h1-13H,(H,25,27)(H,26,28)(H2,23,24,29). The van der Waals surface area contributed by atoms with Crippen molar-refractivity contribution in [1.82, 2.24) is 10.9 Å². The minimum atomic E-state index is -0.771. The van der Waals surface area contributed by atoms with E-state index >= 15 is 0 Å². The number of carbonyl (C=O) groups excluding carboxylic acids is 3. The Bertz CT molecular complexity index is 1020. The molecule has 3 rings (SSSR count). The third-order valence-electron chi connectivity index (χ3n) is 3.84. The molecule has 29 heavy (non-hydrogen) atoms. The van der Waals surface area contributed by atoms with Gasteiger partial charge in [-0.25, -0.2) is 9.18 Å². The molecule has 0 heterocycles. The molecular weight excluding hydrogens is 375 g/mol. The number of hydrogen-bond donors (Lipinski definition) is 4. The second kappa shape index (κ2) is 9.14. The molecule has 0 unspecified atom stereocenters. The van der Waals surface area contributed by atoms with Crippen molar-refractivity contribution < 1.29 is 18.8 Å². The Morgan fingerprint density at radius 1 is 0.621 bits per heavy atom. The summed E-state index contributed by atoms with van der Waals surface area (Å²) >= 11 is 0. The van der Waals surface area contributed by atoms with E-state index in [1.807, 2.05) is 6.07 Å². The fourth-order valence-corrected chi connectivity index (χ4v) is 2.42. The largest absolute Gasteiger partial charge is 0.323 e. The van der Waals surface area contributed by atoms with Gasteiger partial charge in [0.05, 0.1) is 5.56 Å². The summed E-state index contributed by atoms with van der Waals surface area (Å²) < 4.78 is 13.6. The molecule has 0 saturated heterocycles. The highest BCUT2D eigenvalue weighted by atomic mass is 19.1. The van der Waals surface area contributed by atoms with Crippen LogP contribution in [0, 0.1) is 5.82 Å². The van der Waals surface area contributed by atoms with Gasteiger partial charge in [-0.05, 0) is 48.5 Å². The lowest BCUT2D eigenvalue weighted by Gasteiger charge is -2.10. The van der Waals surface area contributed by atoms with Gasteiger partial charge in [0.2, 0.25) is 0 Å². The molecule has 0 aromatic heterocycles. The van der Waals surface area contributed by atoms with E-state index in [9.17, 15) is 18.8 Å². The molecule has 0 spiro atoms. The summed E-state index contributed by atoms with van der Waals surface area (Å²) in [5.41, 5.74) is 5.55. The number of para-hydroxylation sites is 1. The third kappa shape index (κ3) is 5.39. The van der Waals surface area contributed by atoms with Crippen LogP contribution >= 0.6 is 0 Å². The first-order valence-corrected chi connectivity index (χ1v) is 8.61. The maximum Gasteiger partial charge on any atom is 0.323 e. The highest BCUT2D eigenvalue weighted by Crippen LogP contribution is 2.11. The number of rotatable bonds is 4. The van der Waals surface area contributed by atoms with E-state index < -0.39 is 23.7 Å². The molecule has 3 aromatic carbocycles. The third-order valence-corrected chi connectivity index (χ3v) is 3.84. The number of hydrazine groups is 1. The molecule has 4 amide bonds. The highest BCUT2D eigenvalue weighted by Gasteiger charge is 2.12. The van der Waals surface area contributed by atoms with Gasteiger partial charge in [0.15, 0.2) is 0 Å². The number of anilines is 2. The Morgan fingerprint density at radius 3 is 1.83 bits per heavy atom. The number of amides is 4. The van der Waals surface area contributed by atoms with Crippen molar-refractivity contribution in [3.05, 3.63) is 95.8 Å². The van der Waals surface area contributed by atoms with Gasteiger partial charge in [-0.1, -0.05) is 30.3 Å². The summed E-state index contributed by atoms with van der Waals surface area (Å²) in [4.78, 5) is 36.0. The van der Waals surface area contributed by atoms with Crippen LogP contribution in [0.15, 0.2) is 78.9 Å². The zero-order valence-corrected chi connectivity index (χ0v) is 15.1. The predicted molar refractivity (Wildman–Crippen MR) is 107 cm³/mol. The molecule has 0 aliphatic carbocycles. The van der Waals surface area contributed by atoms with Crippen LogP contribution in [0.5, 0.6) is 0 Å². The van der Waals surface area contributed by atoms with Crippen molar-refractivity contribution in [2.75, 3.05) is 10.6 Å². The molecule has 7 nitrogen and oxygen atoms in total. The van der Waals surface area contributed by atoms with Crippen molar-refractivity contribution in [3.63, 3.8) is 0 Å². The lowest BCUT2D eigenvalue weighted by Crippen LogP contribution is -2.41. The number of carbonyl (C=O) groups is 3. The zero-order chi connectivity index (χ0) is 20.6. The quantitative estimate of drug-likeness (QED) is 0.511. The summed E-state index contributed by atoms with van der Waals surface area (Å²) in [7, 11) is 0. The van der Waals surface area contributed by atoms with Gasteiger partial charge in [-0.15, -0.1) is 0 Å². The molecule has 0 radical (unpaired) electrons. The molecule has 0 bridgehead atoms. The lowest BCUT2D eigenvalue weighted by molar-refractivity contribution is 0.0844. The van der Waals surface area contributed by atoms with Crippen LogP contribution in [0.3, 0.4) is 0 Å². The van der Waals surface area contributed by atoms with Crippen LogP contribution in [0.1, 0.15) is 20.7 Å². The summed E-state index contributed by atoms with van der Waals surface area (Å²) in [5, 5.41) is 5.31. The Kier molecular flexibility index (Phi) is 6.16. The maximum absolute atomic E-state index is 13.6. The Balaban J connectivity index is 1.52. The molecule has 0 fully saturated rings. The van der Waals surface area contributed by atoms with Crippen molar-refractivity contribution in [2.45, 2.75) is 0 Å². The van der Waals surface area contributed by atoms with Crippen LogP contribution in [0.2, 0.25) is 0 Å². The summed E-state index contributed by atoms with van der Waals surface area (Å²) in [5.74, 6) is -2.05. The van der Waals surface area contributed by atoms with Gasteiger partial charge < -0.3 is 10.6 Å². The molecule has 3 aromatic rings. The maximum atomic E-state index is 13.6. The van der Waals surface area contributed by atoms with E-state index in [4.69, 9.17) is 0 Å². The smallest absolute Gasteiger partial charge is 0.308 e. The second-order valence-electron chi connectivity index (χ2n) is 5.91. The first-order valence-electron chi connectivity index (χ1n) is 8.61. The number of benzene rings is 3. The number of nitrogens with one attached hydrogen (secondary N) is 4. The van der Waals surface area contributed by atoms with E-state index in [0.717, 1.165) is 6.07 Å². The van der Waals surface area contributed by atoms with Gasteiger partial charge >= 0.3 is 6.03 Å². The molecule has 146 valence electrons. The Morgan fingerprint density at radius 2 is 1.17 bits per heavy atom. The van der Waals surface area contributed by atoms with Crippen LogP contribution in [0.25, 0.3) is 0 Å². The van der Waals surface area contributed by atoms with Gasteiger partial charge in [0.1, 0.15) is 5.82 Å². The average molecular weight is 392 g/mol. The Hall–Kier alpha value is -4.20. The van der Waals surface area contributed by atoms with E-state index in [1.165, 1.54) is 42.5 Å². The monoisotopic (exact) mass is 392 g/mol. The predicted octanol–water partition coefficient (Wildman–Crippen LogP) is 3.54. The molecular formula is C21H17FN4O3. The van der Waals surface area contributed by atoms with Crippen LogP contribution < -0.4 is 21.5 Å². The number of halogens is 1. The van der Waals surface area contributed by atoms with E-state index in [0.29, 0.717) is 11.4 Å². The van der Waals surface area contributed by atoms with Gasteiger partial charge in [-0.2, -0.15) is 0 Å². The molecule has 0 aliphatic heterocycles. The van der Waals surface area contributed by atoms with Gasteiger partial charge in [0.25, 0.3) is 11.8 Å². The fraction of sp³-hybridized carbons (Fsp3) is 0. The first-order chi connectivity index (χ1) is 14.0. The van der Waals surface area contributed by atoms with Gasteiger partial charge in [-0.3, -0.25) is 20.4 Å². The molecule has 0 saturated carbocycles. The topological polar surface area (TPSA) is 99.3 Å². The van der Waals surface area contributed by atoms with Crippen LogP contribution in [-0.4, -0.2) is 17.8 Å². The number of urea groups is 1. The molecule has 8 heteroatoms. The van der Waals surface area contributed by atoms with E-state index in [-0.39, 0.29) is 11.1 Å². The second-order valence-corrected chi connectivity index (χ2v) is 5.91. The first kappa shape index (κ1) is 19.6. The normalized spacial score (nSPS) is 9.97. The highest BCUT2D eigenvalue weighted by molar-refractivity contribution is 6.01. The van der Waals surface area contributed by atoms with Crippen LogP contribution in [0.4, 0.5) is 20.6 Å². The molecule has 4 N–H and O–H groups in total. The summed E-state index contributed by atoms with van der Waals surface area (Å²) in [6.07, 6.45) is 0. The fourth-order valence-electron chi connectivity index (χ4n) is 2.42. The average Bonchev–Trinajstić information content (AvgIpc) is 2.73. The summed E-state index contributed by atoms with van der Waals surface area (Å²) in [6, 6.07) is 20.0. The van der Waals surface area contributed by atoms with Crippen LogP contribution in [-0.2, 0) is 0 Å². The molecule has 0 aliphatic rings. The summed E-state index contributed by atoms with van der Waals surface area (Å²) in [6.45, 7) is 0. The molecule has 0 atom stereocenters. The zero-order valence-electron chi connectivity index (χ0n) is 15.1. The van der Waals surface area contributed by atoms with E-state index in [1.54, 1.807) is 24.3 Å². The minimum absolute atomic E-state index is 0.184. The minimum Gasteiger partial charge on any atom is -0.308 e. The van der Waals surface area contributed by atoms with Crippen molar-refractivity contribution in [2.24, 2.45) is 0 Å². The van der Waals surface area contributed by atoms with Crippen molar-refractivity contribution >= 4 is 29.2 Å². The Labute approximate surface area is 165 Å². The van der Waals surface area contributed by atoms with Gasteiger partial charge in [0, 0.05) is 16.9 Å². The van der Waals surface area contributed by atoms with E-state index in [2.05, 4.69) is 21.5 Å². The van der Waals surface area contributed by atoms with Crippen molar-refractivity contribution in [3.8, 4) is 0 Å².